The lowest BCUT2D eigenvalue weighted by atomic mass is 10.0. The van der Waals surface area contributed by atoms with Crippen molar-refractivity contribution < 1.29 is 14.3 Å². The quantitative estimate of drug-likeness (QED) is 0.343. The van der Waals surface area contributed by atoms with E-state index in [9.17, 15) is 14.4 Å². The van der Waals surface area contributed by atoms with Crippen LogP contribution < -0.4 is 20.9 Å². The van der Waals surface area contributed by atoms with E-state index in [0.717, 1.165) is 27.9 Å². The molecule has 9 nitrogen and oxygen atoms in total. The molecule has 3 N–H and O–H groups in total. The monoisotopic (exact) mass is 501 g/mol. The maximum atomic E-state index is 13.0. The number of carbonyl (C=O) groups excluding carboxylic acids is 2. The molecule has 0 aliphatic rings. The Hall–Kier alpha value is -4.40. The number of nitrogens with zero attached hydrogens (tertiary/aromatic N) is 2. The van der Waals surface area contributed by atoms with Gasteiger partial charge < -0.3 is 24.9 Å². The molecular weight excluding hydrogens is 470 g/mol. The van der Waals surface area contributed by atoms with E-state index < -0.39 is 0 Å². The van der Waals surface area contributed by atoms with Crippen LogP contribution in [0.2, 0.25) is 0 Å². The van der Waals surface area contributed by atoms with Gasteiger partial charge in [-0.3, -0.25) is 14.4 Å². The topological polar surface area (TPSA) is 118 Å². The number of amides is 2. The number of fused-ring (bicyclic) bond motifs is 1. The van der Waals surface area contributed by atoms with Crippen molar-refractivity contribution in [1.82, 2.24) is 25.2 Å². The van der Waals surface area contributed by atoms with Gasteiger partial charge >= 0.3 is 0 Å². The third-order valence-electron chi connectivity index (χ3n) is 6.63. The summed E-state index contributed by atoms with van der Waals surface area (Å²) in [5, 5.41) is 6.40. The molecule has 0 fully saturated rings. The average Bonchev–Trinajstić information content (AvgIpc) is 3.17. The summed E-state index contributed by atoms with van der Waals surface area (Å²) in [6.07, 6.45) is 1.85. The van der Waals surface area contributed by atoms with Crippen molar-refractivity contribution in [3.63, 3.8) is 0 Å². The number of H-pyrrole nitrogens is 1. The number of hydrogen-bond acceptors (Lipinski definition) is 5. The number of aromatic nitrogens is 3. The number of benzene rings is 1. The SMILES string of the molecule is CNC(=O)c1cccc(C(C)n2c(C)c(CC(=O)NCc3c(OC)cc(C)[nH]c3=O)c3cccnc32)c1. The molecule has 1 unspecified atom stereocenters. The van der Waals surface area contributed by atoms with Crippen LogP contribution in [0.1, 0.15) is 51.4 Å². The fourth-order valence-electron chi connectivity index (χ4n) is 4.70. The number of hydrogen-bond donors (Lipinski definition) is 3. The third kappa shape index (κ3) is 5.11. The fourth-order valence-corrected chi connectivity index (χ4v) is 4.70. The average molecular weight is 502 g/mol. The summed E-state index contributed by atoms with van der Waals surface area (Å²) in [6, 6.07) is 12.9. The predicted molar refractivity (Wildman–Crippen MR) is 142 cm³/mol. The summed E-state index contributed by atoms with van der Waals surface area (Å²) >= 11 is 0. The van der Waals surface area contributed by atoms with E-state index in [4.69, 9.17) is 4.74 Å². The van der Waals surface area contributed by atoms with Crippen molar-refractivity contribution in [2.75, 3.05) is 14.2 Å². The van der Waals surface area contributed by atoms with E-state index in [2.05, 4.69) is 25.2 Å². The number of aryl methyl sites for hydroxylation is 1. The van der Waals surface area contributed by atoms with E-state index in [-0.39, 0.29) is 36.4 Å². The molecule has 0 saturated carbocycles. The number of nitrogens with one attached hydrogen (secondary N) is 3. The van der Waals surface area contributed by atoms with Gasteiger partial charge in [-0.2, -0.15) is 0 Å². The third-order valence-corrected chi connectivity index (χ3v) is 6.63. The van der Waals surface area contributed by atoms with E-state index in [0.29, 0.717) is 22.6 Å². The van der Waals surface area contributed by atoms with Crippen LogP contribution in [-0.4, -0.2) is 40.5 Å². The lowest BCUT2D eigenvalue weighted by Gasteiger charge is -2.18. The zero-order valence-electron chi connectivity index (χ0n) is 21.6. The number of aromatic amines is 1. The Labute approximate surface area is 214 Å². The van der Waals surface area contributed by atoms with Crippen molar-refractivity contribution in [1.29, 1.82) is 0 Å². The first-order valence-corrected chi connectivity index (χ1v) is 12.0. The van der Waals surface area contributed by atoms with Crippen LogP contribution in [-0.2, 0) is 17.8 Å². The molecule has 4 aromatic rings. The Morgan fingerprint density at radius 1 is 1.14 bits per heavy atom. The molecule has 0 aliphatic heterocycles. The fraction of sp³-hybridized carbons (Fsp3) is 0.286. The first-order chi connectivity index (χ1) is 17.7. The minimum Gasteiger partial charge on any atom is -0.496 e. The highest BCUT2D eigenvalue weighted by atomic mass is 16.5. The summed E-state index contributed by atoms with van der Waals surface area (Å²) in [5.74, 6) is 0.0660. The second-order valence-corrected chi connectivity index (χ2v) is 8.97. The normalized spacial score (nSPS) is 11.8. The van der Waals surface area contributed by atoms with Crippen LogP contribution in [0.3, 0.4) is 0 Å². The van der Waals surface area contributed by atoms with Gasteiger partial charge in [-0.15, -0.1) is 0 Å². The van der Waals surface area contributed by atoms with E-state index in [1.807, 2.05) is 44.2 Å². The van der Waals surface area contributed by atoms with Gasteiger partial charge in [-0.05, 0) is 62.2 Å². The highest BCUT2D eigenvalue weighted by Gasteiger charge is 2.22. The van der Waals surface area contributed by atoms with Crippen LogP contribution in [0, 0.1) is 13.8 Å². The molecule has 0 bridgehead atoms. The Morgan fingerprint density at radius 3 is 2.65 bits per heavy atom. The van der Waals surface area contributed by atoms with Crippen molar-refractivity contribution >= 4 is 22.8 Å². The zero-order valence-corrected chi connectivity index (χ0v) is 21.6. The van der Waals surface area contributed by atoms with Gasteiger partial charge in [0.05, 0.1) is 31.7 Å². The number of carbonyl (C=O) groups is 2. The van der Waals surface area contributed by atoms with Crippen molar-refractivity contribution in [3.05, 3.63) is 92.7 Å². The number of pyridine rings is 2. The molecule has 0 radical (unpaired) electrons. The van der Waals surface area contributed by atoms with Gasteiger partial charge in [0, 0.05) is 35.6 Å². The van der Waals surface area contributed by atoms with Gasteiger partial charge in [-0.1, -0.05) is 12.1 Å². The number of rotatable bonds is 8. The second-order valence-electron chi connectivity index (χ2n) is 8.97. The minimum absolute atomic E-state index is 0.0518. The Balaban J connectivity index is 1.63. The predicted octanol–water partition coefficient (Wildman–Crippen LogP) is 3.18. The molecule has 0 saturated heterocycles. The summed E-state index contributed by atoms with van der Waals surface area (Å²) in [5.41, 5.74) is 4.82. The first-order valence-electron chi connectivity index (χ1n) is 12.0. The smallest absolute Gasteiger partial charge is 0.256 e. The maximum absolute atomic E-state index is 13.0. The molecule has 0 spiro atoms. The van der Waals surface area contributed by atoms with Crippen molar-refractivity contribution in [2.45, 2.75) is 39.8 Å². The Bertz CT molecular complexity index is 1540. The molecule has 3 aromatic heterocycles. The molecule has 1 aromatic carbocycles. The van der Waals surface area contributed by atoms with E-state index in [1.54, 1.807) is 32.3 Å². The molecule has 9 heteroatoms. The molecular formula is C28H31N5O4. The summed E-state index contributed by atoms with van der Waals surface area (Å²) in [7, 11) is 3.10. The van der Waals surface area contributed by atoms with Crippen LogP contribution in [0.15, 0.2) is 53.5 Å². The highest BCUT2D eigenvalue weighted by Crippen LogP contribution is 2.31. The van der Waals surface area contributed by atoms with Gasteiger partial charge in [0.25, 0.3) is 11.5 Å². The van der Waals surface area contributed by atoms with Gasteiger partial charge in [-0.25, -0.2) is 4.98 Å². The lowest BCUT2D eigenvalue weighted by molar-refractivity contribution is -0.120. The number of ether oxygens (including phenoxy) is 1. The molecule has 192 valence electrons. The van der Waals surface area contributed by atoms with Crippen molar-refractivity contribution in [3.8, 4) is 5.75 Å². The van der Waals surface area contributed by atoms with E-state index in [1.165, 1.54) is 7.11 Å². The minimum atomic E-state index is -0.290. The number of methoxy groups -OCH3 is 1. The molecule has 1 atom stereocenters. The summed E-state index contributed by atoms with van der Waals surface area (Å²) in [4.78, 5) is 44.9. The van der Waals surface area contributed by atoms with Gasteiger partial charge in [0.1, 0.15) is 11.4 Å². The lowest BCUT2D eigenvalue weighted by Crippen LogP contribution is -2.28. The van der Waals surface area contributed by atoms with Gasteiger partial charge in [0.15, 0.2) is 0 Å². The van der Waals surface area contributed by atoms with Crippen molar-refractivity contribution in [2.24, 2.45) is 0 Å². The van der Waals surface area contributed by atoms with Crippen LogP contribution in [0.5, 0.6) is 5.75 Å². The second kappa shape index (κ2) is 10.7. The molecule has 37 heavy (non-hydrogen) atoms. The molecule has 4 rings (SSSR count). The highest BCUT2D eigenvalue weighted by molar-refractivity contribution is 5.94. The van der Waals surface area contributed by atoms with Crippen LogP contribution in [0.25, 0.3) is 11.0 Å². The van der Waals surface area contributed by atoms with Crippen LogP contribution in [0.4, 0.5) is 0 Å². The molecule has 2 amide bonds. The maximum Gasteiger partial charge on any atom is 0.256 e. The van der Waals surface area contributed by atoms with E-state index >= 15 is 0 Å². The van der Waals surface area contributed by atoms with Crippen LogP contribution >= 0.6 is 0 Å². The Morgan fingerprint density at radius 2 is 1.92 bits per heavy atom. The Kier molecular flexibility index (Phi) is 7.42. The zero-order chi connectivity index (χ0) is 26.7. The molecule has 0 aliphatic carbocycles. The largest absolute Gasteiger partial charge is 0.496 e. The summed E-state index contributed by atoms with van der Waals surface area (Å²) in [6.45, 7) is 5.84. The first kappa shape index (κ1) is 25.7. The van der Waals surface area contributed by atoms with Gasteiger partial charge in [0.2, 0.25) is 5.91 Å². The summed E-state index contributed by atoms with van der Waals surface area (Å²) < 4.78 is 7.42. The standard InChI is InChI=1S/C28H31N5O4/c1-16-12-24(37-5)23(28(36)32-16)15-31-25(34)14-22-18(3)33(26-21(22)10-7-11-30-26)17(2)19-8-6-9-20(13-19)27(35)29-4/h6-13,17H,14-15H2,1-5H3,(H,29,35)(H,31,34)(H,32,36). The molecule has 3 heterocycles.